The lowest BCUT2D eigenvalue weighted by Crippen LogP contribution is -2.28. The third-order valence-electron chi connectivity index (χ3n) is 3.57. The van der Waals surface area contributed by atoms with Gasteiger partial charge in [-0.25, -0.2) is 0 Å². The van der Waals surface area contributed by atoms with Gasteiger partial charge in [0.05, 0.1) is 6.61 Å². The van der Waals surface area contributed by atoms with Crippen molar-refractivity contribution in [3.8, 4) is 5.75 Å². The second-order valence-corrected chi connectivity index (χ2v) is 5.04. The quantitative estimate of drug-likeness (QED) is 0.735. The van der Waals surface area contributed by atoms with E-state index in [9.17, 15) is 0 Å². The number of aryl methyl sites for hydroxylation is 1. The number of nitrogens with zero attached hydrogens (tertiary/aromatic N) is 1. The van der Waals surface area contributed by atoms with Crippen LogP contribution < -0.4 is 4.74 Å². The Bertz CT molecular complexity index is 334. The smallest absolute Gasteiger partial charge is 0.119 e. The summed E-state index contributed by atoms with van der Waals surface area (Å²) in [6.07, 6.45) is 3.84. The minimum Gasteiger partial charge on any atom is -0.494 e. The summed E-state index contributed by atoms with van der Waals surface area (Å²) in [6.45, 7) is 11.7. The molecular formula is C17H29NO. The van der Waals surface area contributed by atoms with Gasteiger partial charge in [0.2, 0.25) is 0 Å². The van der Waals surface area contributed by atoms with Crippen molar-refractivity contribution >= 4 is 0 Å². The molecule has 1 heterocycles. The second kappa shape index (κ2) is 8.98. The Labute approximate surface area is 118 Å². The van der Waals surface area contributed by atoms with E-state index in [0.29, 0.717) is 0 Å². The van der Waals surface area contributed by atoms with E-state index in [2.05, 4.69) is 30.9 Å². The molecular weight excluding hydrogens is 234 g/mol. The Morgan fingerprint density at radius 1 is 1.21 bits per heavy atom. The fourth-order valence-electron chi connectivity index (χ4n) is 2.42. The first kappa shape index (κ1) is 16.0. The Morgan fingerprint density at radius 3 is 2.47 bits per heavy atom. The van der Waals surface area contributed by atoms with Crippen molar-refractivity contribution in [1.82, 2.24) is 4.90 Å². The zero-order valence-electron chi connectivity index (χ0n) is 13.0. The predicted octanol–water partition coefficient (Wildman–Crippen LogP) is 4.27. The lowest BCUT2D eigenvalue weighted by molar-refractivity contribution is 0.230. The maximum absolute atomic E-state index is 5.73. The fraction of sp³-hybridized carbons (Fsp3) is 0.647. The average Bonchev–Trinajstić information content (AvgIpc) is 2.85. The second-order valence-electron chi connectivity index (χ2n) is 5.04. The van der Waals surface area contributed by atoms with Gasteiger partial charge in [0.15, 0.2) is 0 Å². The van der Waals surface area contributed by atoms with Gasteiger partial charge in [-0.3, -0.25) is 0 Å². The SMILES string of the molecule is CC.Cc1ccc(OCCCN2CCCC2C)cc1. The Balaban J connectivity index is 0.000000861. The average molecular weight is 263 g/mol. The molecule has 1 aliphatic heterocycles. The Kier molecular flexibility index (Phi) is 7.57. The van der Waals surface area contributed by atoms with E-state index in [1.165, 1.54) is 31.5 Å². The first-order valence-corrected chi connectivity index (χ1v) is 7.69. The van der Waals surface area contributed by atoms with Gasteiger partial charge in [-0.05, 0) is 51.8 Å². The summed E-state index contributed by atoms with van der Waals surface area (Å²) < 4.78 is 5.73. The Hall–Kier alpha value is -1.02. The minimum atomic E-state index is 0.773. The summed E-state index contributed by atoms with van der Waals surface area (Å²) in [7, 11) is 0. The van der Waals surface area contributed by atoms with Crippen LogP contribution in [0, 0.1) is 6.92 Å². The molecule has 0 saturated carbocycles. The maximum Gasteiger partial charge on any atom is 0.119 e. The molecule has 1 aliphatic rings. The summed E-state index contributed by atoms with van der Waals surface area (Å²) >= 11 is 0. The first-order chi connectivity index (χ1) is 9.25. The summed E-state index contributed by atoms with van der Waals surface area (Å²) in [5, 5.41) is 0. The molecule has 0 amide bonds. The highest BCUT2D eigenvalue weighted by Crippen LogP contribution is 2.16. The van der Waals surface area contributed by atoms with Crippen molar-refractivity contribution in [2.75, 3.05) is 19.7 Å². The molecule has 2 heteroatoms. The van der Waals surface area contributed by atoms with Gasteiger partial charge in [0.25, 0.3) is 0 Å². The molecule has 2 rings (SSSR count). The van der Waals surface area contributed by atoms with E-state index in [0.717, 1.165) is 24.8 Å². The maximum atomic E-state index is 5.73. The van der Waals surface area contributed by atoms with Crippen LogP contribution in [0.2, 0.25) is 0 Å². The highest BCUT2D eigenvalue weighted by atomic mass is 16.5. The summed E-state index contributed by atoms with van der Waals surface area (Å²) in [6, 6.07) is 9.06. The molecule has 0 radical (unpaired) electrons. The molecule has 19 heavy (non-hydrogen) atoms. The lowest BCUT2D eigenvalue weighted by atomic mass is 10.2. The van der Waals surface area contributed by atoms with E-state index >= 15 is 0 Å². The fourth-order valence-corrected chi connectivity index (χ4v) is 2.42. The van der Waals surface area contributed by atoms with Gasteiger partial charge in [0, 0.05) is 12.6 Å². The number of likely N-dealkylation sites (tertiary alicyclic amines) is 1. The van der Waals surface area contributed by atoms with Gasteiger partial charge in [-0.2, -0.15) is 0 Å². The molecule has 0 N–H and O–H groups in total. The van der Waals surface area contributed by atoms with E-state index in [1.807, 2.05) is 26.0 Å². The van der Waals surface area contributed by atoms with Gasteiger partial charge in [-0.15, -0.1) is 0 Å². The monoisotopic (exact) mass is 263 g/mol. The van der Waals surface area contributed by atoms with Crippen LogP contribution in [-0.4, -0.2) is 30.6 Å². The summed E-state index contributed by atoms with van der Waals surface area (Å²) in [5.41, 5.74) is 1.28. The van der Waals surface area contributed by atoms with E-state index in [4.69, 9.17) is 4.74 Å². The molecule has 0 bridgehead atoms. The van der Waals surface area contributed by atoms with Crippen LogP contribution in [0.4, 0.5) is 0 Å². The van der Waals surface area contributed by atoms with Crippen LogP contribution in [0.1, 0.15) is 45.6 Å². The molecule has 2 nitrogen and oxygen atoms in total. The molecule has 1 fully saturated rings. The van der Waals surface area contributed by atoms with E-state index in [1.54, 1.807) is 0 Å². The number of hydrogen-bond acceptors (Lipinski definition) is 2. The van der Waals surface area contributed by atoms with Crippen LogP contribution >= 0.6 is 0 Å². The van der Waals surface area contributed by atoms with Crippen molar-refractivity contribution in [3.63, 3.8) is 0 Å². The number of benzene rings is 1. The van der Waals surface area contributed by atoms with Gasteiger partial charge < -0.3 is 9.64 Å². The predicted molar refractivity (Wildman–Crippen MR) is 82.9 cm³/mol. The van der Waals surface area contributed by atoms with Crippen LogP contribution in [-0.2, 0) is 0 Å². The molecule has 1 atom stereocenters. The van der Waals surface area contributed by atoms with Gasteiger partial charge >= 0.3 is 0 Å². The summed E-state index contributed by atoms with van der Waals surface area (Å²) in [5.74, 6) is 0.991. The highest BCUT2D eigenvalue weighted by Gasteiger charge is 2.18. The molecule has 1 saturated heterocycles. The molecule has 1 unspecified atom stereocenters. The third kappa shape index (κ3) is 5.65. The lowest BCUT2D eigenvalue weighted by Gasteiger charge is -2.20. The van der Waals surface area contributed by atoms with Crippen molar-refractivity contribution in [2.24, 2.45) is 0 Å². The van der Waals surface area contributed by atoms with E-state index < -0.39 is 0 Å². The van der Waals surface area contributed by atoms with Crippen molar-refractivity contribution in [2.45, 2.75) is 53.0 Å². The molecule has 108 valence electrons. The third-order valence-corrected chi connectivity index (χ3v) is 3.57. The van der Waals surface area contributed by atoms with Gasteiger partial charge in [0.1, 0.15) is 5.75 Å². The van der Waals surface area contributed by atoms with Crippen LogP contribution in [0.3, 0.4) is 0 Å². The molecule has 1 aromatic rings. The summed E-state index contributed by atoms with van der Waals surface area (Å²) in [4.78, 5) is 2.57. The zero-order chi connectivity index (χ0) is 14.1. The normalized spacial score (nSPS) is 18.8. The van der Waals surface area contributed by atoms with Crippen LogP contribution in [0.15, 0.2) is 24.3 Å². The van der Waals surface area contributed by atoms with E-state index in [-0.39, 0.29) is 0 Å². The molecule has 0 aliphatic carbocycles. The number of rotatable bonds is 5. The Morgan fingerprint density at radius 2 is 1.89 bits per heavy atom. The molecule has 0 aromatic heterocycles. The topological polar surface area (TPSA) is 12.5 Å². The van der Waals surface area contributed by atoms with Gasteiger partial charge in [-0.1, -0.05) is 31.5 Å². The highest BCUT2D eigenvalue weighted by molar-refractivity contribution is 5.26. The number of ether oxygens (including phenoxy) is 1. The minimum absolute atomic E-state index is 0.773. The molecule has 1 aromatic carbocycles. The van der Waals surface area contributed by atoms with Crippen molar-refractivity contribution < 1.29 is 4.74 Å². The van der Waals surface area contributed by atoms with Crippen LogP contribution in [0.5, 0.6) is 5.75 Å². The van der Waals surface area contributed by atoms with Crippen molar-refractivity contribution in [1.29, 1.82) is 0 Å². The zero-order valence-corrected chi connectivity index (χ0v) is 13.0. The van der Waals surface area contributed by atoms with Crippen molar-refractivity contribution in [3.05, 3.63) is 29.8 Å². The first-order valence-electron chi connectivity index (χ1n) is 7.69. The largest absolute Gasteiger partial charge is 0.494 e. The van der Waals surface area contributed by atoms with Crippen LogP contribution in [0.25, 0.3) is 0 Å². The molecule has 0 spiro atoms. The standard InChI is InChI=1S/C15H23NO.C2H6/c1-13-6-8-15(9-7-13)17-12-4-11-16-10-3-5-14(16)2;1-2/h6-9,14H,3-5,10-12H2,1-2H3;1-2H3. The number of hydrogen-bond donors (Lipinski definition) is 0.